The number of alkyl carbamates (subject to hydrolysis) is 1. The number of ether oxygens (including phenoxy) is 1. The minimum Gasteiger partial charge on any atom is -0.444 e. The third-order valence-electron chi connectivity index (χ3n) is 2.87. The quantitative estimate of drug-likeness (QED) is 0.868. The van der Waals surface area contributed by atoms with Crippen LogP contribution in [-0.2, 0) is 11.2 Å². The van der Waals surface area contributed by atoms with Crippen molar-refractivity contribution in [3.8, 4) is 0 Å². The van der Waals surface area contributed by atoms with E-state index in [0.29, 0.717) is 5.69 Å². The summed E-state index contributed by atoms with van der Waals surface area (Å²) in [6, 6.07) is 3.71. The van der Waals surface area contributed by atoms with Crippen molar-refractivity contribution < 1.29 is 9.53 Å². The zero-order chi connectivity index (χ0) is 15.2. The molecular weight excluding hydrogens is 254 g/mol. The van der Waals surface area contributed by atoms with E-state index >= 15 is 0 Å². The van der Waals surface area contributed by atoms with Crippen LogP contribution in [0, 0.1) is 0 Å². The highest BCUT2D eigenvalue weighted by Crippen LogP contribution is 2.13. The summed E-state index contributed by atoms with van der Waals surface area (Å²) in [6.45, 7) is 7.58. The fourth-order valence-electron chi connectivity index (χ4n) is 1.82. The van der Waals surface area contributed by atoms with Crippen LogP contribution in [0.2, 0.25) is 0 Å². The van der Waals surface area contributed by atoms with Crippen molar-refractivity contribution in [3.63, 3.8) is 0 Å². The number of carbonyl (C=O) groups is 1. The molecule has 0 radical (unpaired) electrons. The number of hydrogen-bond acceptors (Lipinski definition) is 4. The van der Waals surface area contributed by atoms with E-state index in [-0.39, 0.29) is 12.1 Å². The van der Waals surface area contributed by atoms with Gasteiger partial charge in [-0.3, -0.25) is 4.98 Å². The summed E-state index contributed by atoms with van der Waals surface area (Å²) < 4.78 is 5.26. The second-order valence-corrected chi connectivity index (χ2v) is 5.83. The molecule has 1 atom stereocenters. The van der Waals surface area contributed by atoms with E-state index in [0.717, 1.165) is 25.0 Å². The number of pyridine rings is 1. The number of aromatic nitrogens is 1. The Balaban J connectivity index is 2.48. The molecule has 1 rings (SSSR count). The molecule has 5 nitrogen and oxygen atoms in total. The zero-order valence-corrected chi connectivity index (χ0v) is 12.8. The maximum Gasteiger partial charge on any atom is 0.407 e. The Morgan fingerprint density at radius 1 is 1.50 bits per heavy atom. The summed E-state index contributed by atoms with van der Waals surface area (Å²) in [4.78, 5) is 16.0. The van der Waals surface area contributed by atoms with Crippen molar-refractivity contribution >= 4 is 11.8 Å². The normalized spacial score (nSPS) is 12.8. The summed E-state index contributed by atoms with van der Waals surface area (Å²) >= 11 is 0. The Hall–Kier alpha value is -1.78. The number of rotatable bonds is 5. The second-order valence-electron chi connectivity index (χ2n) is 5.83. The third-order valence-corrected chi connectivity index (χ3v) is 2.87. The van der Waals surface area contributed by atoms with Gasteiger partial charge in [0.15, 0.2) is 0 Å². The van der Waals surface area contributed by atoms with E-state index in [1.54, 1.807) is 6.20 Å². The van der Waals surface area contributed by atoms with E-state index in [1.165, 1.54) is 0 Å². The smallest absolute Gasteiger partial charge is 0.407 e. The van der Waals surface area contributed by atoms with Crippen molar-refractivity contribution in [1.82, 2.24) is 10.3 Å². The summed E-state index contributed by atoms with van der Waals surface area (Å²) in [5, 5.41) is 2.88. The lowest BCUT2D eigenvalue weighted by Crippen LogP contribution is -2.39. The lowest BCUT2D eigenvalue weighted by molar-refractivity contribution is 0.0500. The minimum absolute atomic E-state index is 0.0613. The van der Waals surface area contributed by atoms with Crippen LogP contribution in [0.15, 0.2) is 18.3 Å². The standard InChI is InChI=1S/C15H25N3O2/c1-5-11(18-14(19)20-15(2,3)4)8-9-13-12(16)7-6-10-17-13/h6-7,10-11H,5,8-9,16H2,1-4H3,(H,18,19)/t11-/m1/s1. The fourth-order valence-corrected chi connectivity index (χ4v) is 1.82. The van der Waals surface area contributed by atoms with Crippen LogP contribution in [0.5, 0.6) is 0 Å². The van der Waals surface area contributed by atoms with Crippen molar-refractivity contribution in [3.05, 3.63) is 24.0 Å². The largest absolute Gasteiger partial charge is 0.444 e. The predicted octanol–water partition coefficient (Wildman–Crippen LogP) is 2.90. The highest BCUT2D eigenvalue weighted by atomic mass is 16.6. The van der Waals surface area contributed by atoms with Gasteiger partial charge in [-0.1, -0.05) is 6.92 Å². The van der Waals surface area contributed by atoms with E-state index in [4.69, 9.17) is 10.5 Å². The summed E-state index contributed by atoms with van der Waals surface area (Å²) in [5.74, 6) is 0. The molecule has 1 aromatic heterocycles. The monoisotopic (exact) mass is 279 g/mol. The van der Waals surface area contributed by atoms with Gasteiger partial charge >= 0.3 is 6.09 Å². The number of anilines is 1. The van der Waals surface area contributed by atoms with E-state index in [2.05, 4.69) is 10.3 Å². The maximum atomic E-state index is 11.7. The third kappa shape index (κ3) is 5.91. The van der Waals surface area contributed by atoms with E-state index < -0.39 is 5.60 Å². The van der Waals surface area contributed by atoms with Crippen molar-refractivity contribution in [2.24, 2.45) is 0 Å². The molecule has 0 bridgehead atoms. The maximum absolute atomic E-state index is 11.7. The molecule has 0 aliphatic carbocycles. The molecule has 0 spiro atoms. The molecule has 0 aliphatic heterocycles. The van der Waals surface area contributed by atoms with Gasteiger partial charge in [-0.2, -0.15) is 0 Å². The van der Waals surface area contributed by atoms with Gasteiger partial charge in [0, 0.05) is 12.2 Å². The van der Waals surface area contributed by atoms with Gasteiger partial charge in [-0.25, -0.2) is 4.79 Å². The van der Waals surface area contributed by atoms with Crippen molar-refractivity contribution in [2.75, 3.05) is 5.73 Å². The van der Waals surface area contributed by atoms with E-state index in [9.17, 15) is 4.79 Å². The number of aryl methyl sites for hydroxylation is 1. The van der Waals surface area contributed by atoms with Gasteiger partial charge in [0.1, 0.15) is 5.60 Å². The number of nitrogens with one attached hydrogen (secondary N) is 1. The highest BCUT2D eigenvalue weighted by molar-refractivity contribution is 5.68. The average molecular weight is 279 g/mol. The lowest BCUT2D eigenvalue weighted by Gasteiger charge is -2.23. The molecule has 1 aromatic rings. The zero-order valence-electron chi connectivity index (χ0n) is 12.8. The van der Waals surface area contributed by atoms with Crippen LogP contribution < -0.4 is 11.1 Å². The molecule has 20 heavy (non-hydrogen) atoms. The molecule has 5 heteroatoms. The first-order valence-corrected chi connectivity index (χ1v) is 7.00. The molecule has 0 saturated carbocycles. The Bertz CT molecular complexity index is 441. The molecule has 112 valence electrons. The van der Waals surface area contributed by atoms with Crippen LogP contribution in [0.1, 0.15) is 46.2 Å². The number of amides is 1. The number of nitrogens with zero attached hydrogens (tertiary/aromatic N) is 1. The van der Waals surface area contributed by atoms with Gasteiger partial charge in [-0.05, 0) is 52.2 Å². The topological polar surface area (TPSA) is 77.2 Å². The second kappa shape index (κ2) is 7.12. The average Bonchev–Trinajstić information content (AvgIpc) is 2.34. The lowest BCUT2D eigenvalue weighted by atomic mass is 10.1. The van der Waals surface area contributed by atoms with Gasteiger partial charge < -0.3 is 15.8 Å². The molecule has 0 saturated heterocycles. The van der Waals surface area contributed by atoms with Crippen LogP contribution in [0.25, 0.3) is 0 Å². The summed E-state index contributed by atoms with van der Waals surface area (Å²) in [5.41, 5.74) is 6.95. The van der Waals surface area contributed by atoms with E-state index in [1.807, 2.05) is 39.8 Å². The number of nitrogen functional groups attached to an aromatic ring is 1. The first-order chi connectivity index (χ1) is 9.31. The van der Waals surface area contributed by atoms with Crippen LogP contribution in [-0.4, -0.2) is 22.7 Å². The first kappa shape index (κ1) is 16.3. The van der Waals surface area contributed by atoms with Crippen LogP contribution >= 0.6 is 0 Å². The molecule has 0 fully saturated rings. The van der Waals surface area contributed by atoms with Crippen molar-refractivity contribution in [2.45, 2.75) is 58.6 Å². The number of hydrogen-bond donors (Lipinski definition) is 2. The van der Waals surface area contributed by atoms with Gasteiger partial charge in [-0.15, -0.1) is 0 Å². The Morgan fingerprint density at radius 3 is 2.75 bits per heavy atom. The van der Waals surface area contributed by atoms with Crippen LogP contribution in [0.3, 0.4) is 0 Å². The SMILES string of the molecule is CC[C@H](CCc1ncccc1N)NC(=O)OC(C)(C)C. The molecular formula is C15H25N3O2. The molecule has 0 aliphatic rings. The summed E-state index contributed by atoms with van der Waals surface area (Å²) in [6.07, 6.45) is 3.72. The number of nitrogens with two attached hydrogens (primary N) is 1. The molecule has 0 aromatic carbocycles. The Kier molecular flexibility index (Phi) is 5.80. The minimum atomic E-state index is -0.478. The van der Waals surface area contributed by atoms with Crippen LogP contribution in [0.4, 0.5) is 10.5 Å². The van der Waals surface area contributed by atoms with Gasteiger partial charge in [0.05, 0.1) is 11.4 Å². The Labute approximate surface area is 120 Å². The predicted molar refractivity (Wildman–Crippen MR) is 80.4 cm³/mol. The first-order valence-electron chi connectivity index (χ1n) is 7.00. The summed E-state index contributed by atoms with van der Waals surface area (Å²) in [7, 11) is 0. The Morgan fingerprint density at radius 2 is 2.20 bits per heavy atom. The fraction of sp³-hybridized carbons (Fsp3) is 0.600. The highest BCUT2D eigenvalue weighted by Gasteiger charge is 2.18. The molecule has 3 N–H and O–H groups in total. The molecule has 0 unspecified atom stereocenters. The molecule has 1 heterocycles. The number of carbonyl (C=O) groups excluding carboxylic acids is 1. The van der Waals surface area contributed by atoms with Crippen molar-refractivity contribution in [1.29, 1.82) is 0 Å². The molecule has 1 amide bonds. The van der Waals surface area contributed by atoms with Gasteiger partial charge in [0.2, 0.25) is 0 Å². The van der Waals surface area contributed by atoms with Gasteiger partial charge in [0.25, 0.3) is 0 Å².